The third-order valence-electron chi connectivity index (χ3n) is 2.66. The number of hydrogen-bond donors (Lipinski definition) is 1. The monoisotopic (exact) mass is 246 g/mol. The fourth-order valence-corrected chi connectivity index (χ4v) is 1.80. The molecule has 0 saturated heterocycles. The van der Waals surface area contributed by atoms with Crippen LogP contribution in [0.25, 0.3) is 0 Å². The van der Waals surface area contributed by atoms with Gasteiger partial charge in [0.05, 0.1) is 24.0 Å². The number of benzene rings is 1. The van der Waals surface area contributed by atoms with Gasteiger partial charge in [-0.15, -0.1) is 5.10 Å². The van der Waals surface area contributed by atoms with E-state index in [4.69, 9.17) is 10.5 Å². The molecule has 1 unspecified atom stereocenters. The Labute approximate surface area is 107 Å². The Morgan fingerprint density at radius 1 is 1.33 bits per heavy atom. The molecule has 5 heteroatoms. The lowest BCUT2D eigenvalue weighted by Crippen LogP contribution is -2.16. The highest BCUT2D eigenvalue weighted by Crippen LogP contribution is 2.22. The molecule has 0 spiro atoms. The summed E-state index contributed by atoms with van der Waals surface area (Å²) in [5, 5.41) is 7.73. The number of ether oxygens (including phenoxy) is 1. The third kappa shape index (κ3) is 2.68. The van der Waals surface area contributed by atoms with E-state index in [1.165, 1.54) is 0 Å². The fraction of sp³-hybridized carbons (Fsp3) is 0.385. The molecule has 2 rings (SSSR count). The molecule has 0 fully saturated rings. The van der Waals surface area contributed by atoms with Crippen LogP contribution >= 0.6 is 0 Å². The van der Waals surface area contributed by atoms with E-state index in [2.05, 4.69) is 10.3 Å². The molecule has 2 N–H and O–H groups in total. The minimum Gasteiger partial charge on any atom is -0.491 e. The molecular formula is C13H18N4O. The van der Waals surface area contributed by atoms with Crippen molar-refractivity contribution < 1.29 is 4.74 Å². The summed E-state index contributed by atoms with van der Waals surface area (Å²) in [6.07, 6.45) is 1.83. The third-order valence-corrected chi connectivity index (χ3v) is 2.66. The normalized spacial score (nSPS) is 12.7. The number of hydrogen-bond acceptors (Lipinski definition) is 4. The quantitative estimate of drug-likeness (QED) is 0.890. The molecule has 1 heterocycles. The Bertz CT molecular complexity index is 521. The van der Waals surface area contributed by atoms with Crippen molar-refractivity contribution in [3.8, 4) is 5.75 Å². The second-order valence-electron chi connectivity index (χ2n) is 4.50. The molecule has 1 aromatic heterocycles. The Morgan fingerprint density at radius 3 is 2.72 bits per heavy atom. The molecule has 0 aliphatic carbocycles. The van der Waals surface area contributed by atoms with Crippen LogP contribution in [0, 0.1) is 0 Å². The zero-order valence-corrected chi connectivity index (χ0v) is 10.9. The molecule has 0 aliphatic heterocycles. The molecule has 0 saturated carbocycles. The van der Waals surface area contributed by atoms with Crippen LogP contribution in [-0.4, -0.2) is 21.1 Å². The standard InChI is InChI=1S/C13H18N4O/c1-9(2)18-11-6-4-5-10(7-11)13(14)12-8-15-16-17(12)3/h4-9,13H,14H2,1-3H3. The van der Waals surface area contributed by atoms with E-state index in [-0.39, 0.29) is 12.1 Å². The van der Waals surface area contributed by atoms with Gasteiger partial charge in [-0.25, -0.2) is 0 Å². The highest BCUT2D eigenvalue weighted by atomic mass is 16.5. The maximum absolute atomic E-state index is 6.20. The van der Waals surface area contributed by atoms with Gasteiger partial charge in [0.25, 0.3) is 0 Å². The Hall–Kier alpha value is -1.88. The van der Waals surface area contributed by atoms with E-state index >= 15 is 0 Å². The van der Waals surface area contributed by atoms with Crippen molar-refractivity contribution in [3.63, 3.8) is 0 Å². The first-order chi connectivity index (χ1) is 8.58. The van der Waals surface area contributed by atoms with E-state index in [0.717, 1.165) is 17.0 Å². The van der Waals surface area contributed by atoms with Gasteiger partial charge in [-0.3, -0.25) is 4.68 Å². The summed E-state index contributed by atoms with van der Waals surface area (Å²) in [5.74, 6) is 0.827. The van der Waals surface area contributed by atoms with Crippen LogP contribution in [0.5, 0.6) is 5.75 Å². The van der Waals surface area contributed by atoms with Gasteiger partial charge in [0.2, 0.25) is 0 Å². The highest BCUT2D eigenvalue weighted by Gasteiger charge is 2.14. The number of nitrogens with two attached hydrogens (primary N) is 1. The molecule has 0 aliphatic rings. The lowest BCUT2D eigenvalue weighted by molar-refractivity contribution is 0.242. The van der Waals surface area contributed by atoms with Crippen molar-refractivity contribution in [1.29, 1.82) is 0 Å². The van der Waals surface area contributed by atoms with Crippen LogP contribution in [0.3, 0.4) is 0 Å². The lowest BCUT2D eigenvalue weighted by Gasteiger charge is -2.14. The molecule has 5 nitrogen and oxygen atoms in total. The smallest absolute Gasteiger partial charge is 0.120 e. The van der Waals surface area contributed by atoms with E-state index in [9.17, 15) is 0 Å². The van der Waals surface area contributed by atoms with Crippen molar-refractivity contribution in [3.05, 3.63) is 41.7 Å². The summed E-state index contributed by atoms with van der Waals surface area (Å²) in [6, 6.07) is 7.55. The maximum atomic E-state index is 6.20. The summed E-state index contributed by atoms with van der Waals surface area (Å²) in [4.78, 5) is 0. The number of aromatic nitrogens is 3. The molecule has 1 atom stereocenters. The van der Waals surface area contributed by atoms with E-state index in [0.29, 0.717) is 0 Å². The summed E-state index contributed by atoms with van der Waals surface area (Å²) in [5.41, 5.74) is 8.06. The summed E-state index contributed by atoms with van der Waals surface area (Å²) < 4.78 is 7.34. The first-order valence-corrected chi connectivity index (χ1v) is 5.94. The molecule has 18 heavy (non-hydrogen) atoms. The van der Waals surface area contributed by atoms with E-state index in [1.54, 1.807) is 10.9 Å². The fourth-order valence-electron chi connectivity index (χ4n) is 1.80. The topological polar surface area (TPSA) is 66.0 Å². The Kier molecular flexibility index (Phi) is 3.62. The number of nitrogens with zero attached hydrogens (tertiary/aromatic N) is 3. The van der Waals surface area contributed by atoms with Crippen LogP contribution < -0.4 is 10.5 Å². The van der Waals surface area contributed by atoms with Gasteiger partial charge in [-0.2, -0.15) is 0 Å². The van der Waals surface area contributed by atoms with Crippen molar-refractivity contribution in [2.24, 2.45) is 12.8 Å². The number of rotatable bonds is 4. The minimum absolute atomic E-state index is 0.148. The van der Waals surface area contributed by atoms with Crippen LogP contribution in [0.4, 0.5) is 0 Å². The first kappa shape index (κ1) is 12.6. The van der Waals surface area contributed by atoms with E-state index in [1.807, 2.05) is 45.2 Å². The molecule has 0 bridgehead atoms. The van der Waals surface area contributed by atoms with Crippen LogP contribution in [0.1, 0.15) is 31.1 Å². The predicted molar refractivity (Wildman–Crippen MR) is 69.2 cm³/mol. The van der Waals surface area contributed by atoms with Gasteiger partial charge in [-0.05, 0) is 31.5 Å². The number of aryl methyl sites for hydroxylation is 1. The second kappa shape index (κ2) is 5.18. The minimum atomic E-state index is -0.249. The van der Waals surface area contributed by atoms with Crippen molar-refractivity contribution >= 4 is 0 Å². The van der Waals surface area contributed by atoms with Gasteiger partial charge >= 0.3 is 0 Å². The summed E-state index contributed by atoms with van der Waals surface area (Å²) >= 11 is 0. The van der Waals surface area contributed by atoms with Crippen LogP contribution in [0.2, 0.25) is 0 Å². The average molecular weight is 246 g/mol. The largest absolute Gasteiger partial charge is 0.491 e. The molecule has 0 amide bonds. The zero-order chi connectivity index (χ0) is 13.1. The lowest BCUT2D eigenvalue weighted by atomic mass is 10.0. The predicted octanol–water partition coefficient (Wildman–Crippen LogP) is 1.65. The van der Waals surface area contributed by atoms with Gasteiger partial charge in [-0.1, -0.05) is 17.3 Å². The van der Waals surface area contributed by atoms with Crippen LogP contribution in [0.15, 0.2) is 30.5 Å². The van der Waals surface area contributed by atoms with Gasteiger partial charge in [0.1, 0.15) is 5.75 Å². The summed E-state index contributed by atoms with van der Waals surface area (Å²) in [6.45, 7) is 4.00. The molecule has 0 radical (unpaired) electrons. The summed E-state index contributed by atoms with van der Waals surface area (Å²) in [7, 11) is 1.83. The maximum Gasteiger partial charge on any atom is 0.120 e. The van der Waals surface area contributed by atoms with Crippen molar-refractivity contribution in [1.82, 2.24) is 15.0 Å². The van der Waals surface area contributed by atoms with E-state index < -0.39 is 0 Å². The van der Waals surface area contributed by atoms with Crippen molar-refractivity contribution in [2.75, 3.05) is 0 Å². The van der Waals surface area contributed by atoms with Gasteiger partial charge < -0.3 is 10.5 Å². The highest BCUT2D eigenvalue weighted by molar-refractivity contribution is 5.33. The average Bonchev–Trinajstić information content (AvgIpc) is 2.74. The zero-order valence-electron chi connectivity index (χ0n) is 10.9. The SMILES string of the molecule is CC(C)Oc1cccc(C(N)c2cnnn2C)c1. The molecule has 96 valence electrons. The van der Waals surface area contributed by atoms with Crippen molar-refractivity contribution in [2.45, 2.75) is 26.0 Å². The first-order valence-electron chi connectivity index (χ1n) is 5.94. The Balaban J connectivity index is 2.25. The van der Waals surface area contributed by atoms with Gasteiger partial charge in [0, 0.05) is 7.05 Å². The molecule has 2 aromatic rings. The Morgan fingerprint density at radius 2 is 2.11 bits per heavy atom. The van der Waals surface area contributed by atoms with Gasteiger partial charge in [0.15, 0.2) is 0 Å². The van der Waals surface area contributed by atoms with Crippen LogP contribution in [-0.2, 0) is 7.05 Å². The molecular weight excluding hydrogens is 228 g/mol. The second-order valence-corrected chi connectivity index (χ2v) is 4.50. The molecule has 1 aromatic carbocycles.